The second kappa shape index (κ2) is 16.0. The zero-order chi connectivity index (χ0) is 41.7. The maximum absolute atomic E-state index is 14.8. The van der Waals surface area contributed by atoms with Gasteiger partial charge in [0.05, 0.1) is 53.9 Å². The normalized spacial score (nSPS) is 29.4. The molecule has 7 atom stereocenters. The van der Waals surface area contributed by atoms with Gasteiger partial charge in [-0.1, -0.05) is 43.7 Å². The van der Waals surface area contributed by atoms with Gasteiger partial charge < -0.3 is 19.1 Å². The Balaban J connectivity index is 1.36. The van der Waals surface area contributed by atoms with Gasteiger partial charge in [-0.25, -0.2) is 13.4 Å². The lowest BCUT2D eigenvalue weighted by Crippen LogP contribution is -2.48. The molecule has 3 heterocycles. The number of halogens is 4. The Morgan fingerprint density at radius 2 is 1.82 bits per heavy atom. The van der Waals surface area contributed by atoms with Crippen LogP contribution >= 0.6 is 11.6 Å². The molecular weight excluding hydrogens is 791 g/mol. The molecule has 312 valence electrons. The van der Waals surface area contributed by atoms with Crippen LogP contribution in [0, 0.1) is 29.1 Å². The first-order valence-electron chi connectivity index (χ1n) is 19.3. The highest BCUT2D eigenvalue weighted by molar-refractivity contribution is 7.90. The molecule has 17 heteroatoms. The van der Waals surface area contributed by atoms with Crippen molar-refractivity contribution >= 4 is 56.0 Å². The number of pyridine rings is 1. The minimum atomic E-state index is -4.87. The number of hydrogen-bond acceptors (Lipinski definition) is 10. The minimum absolute atomic E-state index is 0.0111. The van der Waals surface area contributed by atoms with Crippen molar-refractivity contribution in [2.24, 2.45) is 29.1 Å². The number of allylic oxidation sites excluding steroid dienone is 2. The highest BCUT2D eigenvalue weighted by Gasteiger charge is 2.62. The van der Waals surface area contributed by atoms with Gasteiger partial charge in [0.2, 0.25) is 33.3 Å². The first-order valence-corrected chi connectivity index (χ1v) is 21.2. The number of Topliss-reactive ketones (excluding diaryl/α,β-unsaturated/α-hetero) is 1. The highest BCUT2D eigenvalue weighted by Crippen LogP contribution is 2.57. The van der Waals surface area contributed by atoms with E-state index in [2.05, 4.69) is 9.71 Å². The first-order chi connectivity index (χ1) is 26.7. The Kier molecular flexibility index (Phi) is 12.0. The van der Waals surface area contributed by atoms with Gasteiger partial charge in [-0.3, -0.25) is 23.9 Å². The largest absolute Gasteiger partial charge is 0.494 e. The van der Waals surface area contributed by atoms with Crippen molar-refractivity contribution in [3.05, 3.63) is 41.6 Å². The molecule has 0 radical (unpaired) electrons. The molecule has 2 amide bonds. The molecule has 57 heavy (non-hydrogen) atoms. The van der Waals surface area contributed by atoms with Crippen LogP contribution in [-0.2, 0) is 33.9 Å². The summed E-state index contributed by atoms with van der Waals surface area (Å²) in [5.41, 5.74) is -4.19. The van der Waals surface area contributed by atoms with Crippen LogP contribution in [0.2, 0.25) is 5.02 Å². The molecule has 2 aliphatic heterocycles. The lowest BCUT2D eigenvalue weighted by atomic mass is 9.82. The Morgan fingerprint density at radius 1 is 1.11 bits per heavy atom. The van der Waals surface area contributed by atoms with E-state index in [1.807, 2.05) is 19.1 Å². The molecule has 1 aromatic carbocycles. The molecule has 0 spiro atoms. The molecule has 6 rings (SSSR count). The third-order valence-corrected chi connectivity index (χ3v) is 14.0. The van der Waals surface area contributed by atoms with E-state index in [1.54, 1.807) is 25.1 Å². The van der Waals surface area contributed by atoms with Crippen LogP contribution < -0.4 is 14.2 Å². The van der Waals surface area contributed by atoms with Gasteiger partial charge >= 0.3 is 12.1 Å². The Labute approximate surface area is 335 Å². The number of carbonyl (C=O) groups is 4. The summed E-state index contributed by atoms with van der Waals surface area (Å²) in [6, 6.07) is 3.91. The van der Waals surface area contributed by atoms with Gasteiger partial charge in [-0.15, -0.1) is 0 Å². The lowest BCUT2D eigenvalue weighted by molar-refractivity contribution is -0.257. The number of aromatic nitrogens is 1. The Hall–Kier alpha value is -3.92. The van der Waals surface area contributed by atoms with E-state index in [9.17, 15) is 40.8 Å². The number of amides is 2. The summed E-state index contributed by atoms with van der Waals surface area (Å²) in [6.07, 6.45) is 1.13. The zero-order valence-electron chi connectivity index (χ0n) is 32.6. The molecule has 1 saturated heterocycles. The second-order valence-electron chi connectivity index (χ2n) is 16.7. The van der Waals surface area contributed by atoms with Gasteiger partial charge in [0, 0.05) is 23.6 Å². The number of nitrogens with one attached hydrogen (secondary N) is 1. The van der Waals surface area contributed by atoms with Gasteiger partial charge in [0.1, 0.15) is 11.9 Å². The fourth-order valence-corrected chi connectivity index (χ4v) is 9.81. The number of esters is 1. The maximum atomic E-state index is 14.8. The van der Waals surface area contributed by atoms with Crippen molar-refractivity contribution in [3.63, 3.8) is 0 Å². The minimum Gasteiger partial charge on any atom is -0.494 e. The van der Waals surface area contributed by atoms with Gasteiger partial charge in [0.25, 0.3) is 0 Å². The maximum Gasteiger partial charge on any atom is 0.427 e. The summed E-state index contributed by atoms with van der Waals surface area (Å²) in [5.74, 6) is -4.73. The number of fused-ring (bicyclic) bond motifs is 3. The van der Waals surface area contributed by atoms with E-state index < -0.39 is 92.4 Å². The van der Waals surface area contributed by atoms with Crippen LogP contribution in [-0.4, -0.2) is 84.7 Å². The van der Waals surface area contributed by atoms with Gasteiger partial charge in [0.15, 0.2) is 5.78 Å². The quantitative estimate of drug-likeness (QED) is 0.212. The van der Waals surface area contributed by atoms with Crippen LogP contribution in [0.1, 0.15) is 85.5 Å². The summed E-state index contributed by atoms with van der Waals surface area (Å²) in [4.78, 5) is 62.2. The summed E-state index contributed by atoms with van der Waals surface area (Å²) >= 11 is 6.52. The topological polar surface area (TPSA) is 158 Å². The van der Waals surface area contributed by atoms with Crippen molar-refractivity contribution in [1.29, 1.82) is 0 Å². The summed E-state index contributed by atoms with van der Waals surface area (Å²) in [6.45, 7) is 5.03. The van der Waals surface area contributed by atoms with E-state index in [4.69, 9.17) is 25.8 Å². The summed E-state index contributed by atoms with van der Waals surface area (Å²) in [7, 11) is -2.48. The molecule has 1 N–H and O–H groups in total. The van der Waals surface area contributed by atoms with Crippen LogP contribution in [0.15, 0.2) is 36.5 Å². The van der Waals surface area contributed by atoms with Crippen molar-refractivity contribution in [3.8, 4) is 11.6 Å². The van der Waals surface area contributed by atoms with Crippen LogP contribution in [0.25, 0.3) is 10.8 Å². The number of carbonyl (C=O) groups excluding carboxylic acids is 4. The number of nitrogens with zero attached hydrogens (tertiary/aromatic N) is 2. The standard InChI is InChI=1S/C40H49ClF3N3O9S/c1-22-9-6-7-10-24-18-39(24,37(51)46-57(52,53)26-13-14-26)19-31(48)30-16-25(55-35-27-11-8-12-29(41)34(27)32(54-5)20-45-35)21-47(30)36(50)28(23(2)15-22)17-33(49)56-38(3,4)40(42,43)44/h7-8,10-12,20,22-26,28,30H,6,9,13-19,21H2,1-5H3,(H,46,51)/b10-7-/t22-,23+,24+,25+,28-,30-,39+/m0/s1. The fourth-order valence-electron chi connectivity index (χ4n) is 8.16. The number of benzene rings is 1. The van der Waals surface area contributed by atoms with Crippen molar-refractivity contribution in [2.75, 3.05) is 13.7 Å². The van der Waals surface area contributed by atoms with Gasteiger partial charge in [-0.2, -0.15) is 13.2 Å². The number of alkyl halides is 3. The lowest BCUT2D eigenvalue weighted by Gasteiger charge is -2.33. The predicted octanol–water partition coefficient (Wildman–Crippen LogP) is 6.72. The molecule has 1 aromatic heterocycles. The number of methoxy groups -OCH3 is 1. The molecular formula is C40H49ClF3N3O9S. The third-order valence-electron chi connectivity index (χ3n) is 11.9. The number of sulfonamides is 1. The van der Waals surface area contributed by atoms with E-state index in [-0.39, 0.29) is 37.6 Å². The molecule has 12 nitrogen and oxygen atoms in total. The van der Waals surface area contributed by atoms with E-state index in [0.717, 1.165) is 13.8 Å². The number of ketones is 1. The van der Waals surface area contributed by atoms with Gasteiger partial charge in [-0.05, 0) is 82.3 Å². The zero-order valence-corrected chi connectivity index (χ0v) is 34.1. The average Bonchev–Trinajstić information content (AvgIpc) is 4.05. The second-order valence-corrected chi connectivity index (χ2v) is 19.0. The van der Waals surface area contributed by atoms with Crippen molar-refractivity contribution < 1.29 is 55.0 Å². The Bertz CT molecular complexity index is 2060. The molecule has 2 aromatic rings. The molecule has 3 fully saturated rings. The number of hydrogen-bond donors (Lipinski definition) is 1. The van der Waals surface area contributed by atoms with E-state index in [0.29, 0.717) is 53.6 Å². The molecule has 4 aliphatic rings. The molecule has 0 unspecified atom stereocenters. The number of ether oxygens (including phenoxy) is 3. The first kappa shape index (κ1) is 42.7. The number of rotatable bonds is 9. The van der Waals surface area contributed by atoms with E-state index in [1.165, 1.54) is 18.2 Å². The fraction of sp³-hybridized carbons (Fsp3) is 0.625. The monoisotopic (exact) mass is 839 g/mol. The molecule has 2 saturated carbocycles. The van der Waals surface area contributed by atoms with Crippen LogP contribution in [0.3, 0.4) is 0 Å². The van der Waals surface area contributed by atoms with E-state index >= 15 is 0 Å². The average molecular weight is 840 g/mol. The van der Waals surface area contributed by atoms with Crippen molar-refractivity contribution in [2.45, 2.75) is 115 Å². The van der Waals surface area contributed by atoms with Crippen LogP contribution in [0.4, 0.5) is 13.2 Å². The highest BCUT2D eigenvalue weighted by atomic mass is 35.5. The smallest absolute Gasteiger partial charge is 0.427 e. The Morgan fingerprint density at radius 3 is 2.49 bits per heavy atom. The molecule has 2 aliphatic carbocycles. The summed E-state index contributed by atoms with van der Waals surface area (Å²) < 4.78 is 86.0. The SMILES string of the molecule is COc1cnc(O[C@@H]2C[C@H]3C(=O)C[C@]4(C(=O)NS(=O)(=O)C5CC5)C[C@H]4/C=C\CC[C@H](C)C[C@@H](C)[C@H](CC(=O)OC(C)(C)C(F)(F)F)C(=O)N3C2)c2cccc(Cl)c12. The van der Waals surface area contributed by atoms with Crippen molar-refractivity contribution in [1.82, 2.24) is 14.6 Å². The third kappa shape index (κ3) is 9.06. The predicted molar refractivity (Wildman–Crippen MR) is 204 cm³/mol. The summed E-state index contributed by atoms with van der Waals surface area (Å²) in [5, 5.41) is 0.722. The molecule has 0 bridgehead atoms. The van der Waals surface area contributed by atoms with Crippen LogP contribution in [0.5, 0.6) is 11.6 Å².